The molecule has 1 unspecified atom stereocenters. The molecular formula is C21H10F11IN2O3S. The predicted octanol–water partition coefficient (Wildman–Crippen LogP) is 7.01. The van der Waals surface area contributed by atoms with Gasteiger partial charge in [-0.25, -0.2) is 12.8 Å². The van der Waals surface area contributed by atoms with Crippen molar-refractivity contribution in [2.24, 2.45) is 0 Å². The molecule has 0 radical (unpaired) electrons. The Labute approximate surface area is 224 Å². The summed E-state index contributed by atoms with van der Waals surface area (Å²) in [7, 11) is -6.13. The van der Waals surface area contributed by atoms with Crippen LogP contribution in [0.3, 0.4) is 0 Å². The molecule has 0 saturated carbocycles. The van der Waals surface area contributed by atoms with Crippen molar-refractivity contribution < 1.29 is 61.5 Å². The van der Waals surface area contributed by atoms with Crippen LogP contribution >= 0.6 is 22.6 Å². The molecular weight excluding hydrogens is 696 g/mol. The molecule has 1 heterocycles. The summed E-state index contributed by atoms with van der Waals surface area (Å²) in [6.45, 7) is 0. The molecule has 0 saturated heterocycles. The lowest BCUT2D eigenvalue weighted by Gasteiger charge is -2.36. The van der Waals surface area contributed by atoms with Gasteiger partial charge >= 0.3 is 29.7 Å². The molecule has 0 bridgehead atoms. The summed E-state index contributed by atoms with van der Waals surface area (Å²) >= 11 is 0.863. The number of carbonyl (C=O) groups excluding carboxylic acids is 1. The molecule has 5 nitrogen and oxygen atoms in total. The Morgan fingerprint density at radius 3 is 2.05 bits per heavy atom. The fourth-order valence-electron chi connectivity index (χ4n) is 3.33. The smallest absolute Gasteiger partial charge is 0.320 e. The van der Waals surface area contributed by atoms with E-state index in [2.05, 4.69) is 4.98 Å². The van der Waals surface area contributed by atoms with E-state index < -0.39 is 71.2 Å². The molecule has 1 amide bonds. The zero-order valence-electron chi connectivity index (χ0n) is 18.3. The summed E-state index contributed by atoms with van der Waals surface area (Å²) < 4.78 is 172. The number of nitrogens with zero attached hydrogens (tertiary/aromatic N) is 1. The van der Waals surface area contributed by atoms with E-state index in [-0.39, 0.29) is 17.1 Å². The summed E-state index contributed by atoms with van der Waals surface area (Å²) in [4.78, 5) is 14.7. The number of sulfone groups is 1. The van der Waals surface area contributed by atoms with Crippen molar-refractivity contribution in [3.05, 3.63) is 63.4 Å². The highest BCUT2D eigenvalue weighted by Crippen LogP contribution is 2.59. The SMILES string of the molecule is O=C(Nc1c(I)cc(C(F)(C(F)(F)F)C(F)(F)C(F)(F)F)cc1S(=O)(=O)C(F)F)c1ccc2cccnc2c1. The number of fused-ring (bicyclic) bond motifs is 1. The number of aromatic nitrogens is 1. The Balaban J connectivity index is 2.27. The van der Waals surface area contributed by atoms with Crippen LogP contribution in [0.5, 0.6) is 0 Å². The number of benzene rings is 2. The summed E-state index contributed by atoms with van der Waals surface area (Å²) in [5.74, 6) is -12.9. The second kappa shape index (κ2) is 10.0. The Bertz CT molecular complexity index is 1540. The maximum absolute atomic E-state index is 15.0. The quantitative estimate of drug-likeness (QED) is 0.221. The van der Waals surface area contributed by atoms with Gasteiger partial charge in [-0.2, -0.15) is 43.9 Å². The minimum Gasteiger partial charge on any atom is -0.320 e. The topological polar surface area (TPSA) is 76.1 Å². The van der Waals surface area contributed by atoms with Crippen molar-refractivity contribution in [2.75, 3.05) is 5.32 Å². The Hall–Kier alpha value is -2.77. The molecule has 1 atom stereocenters. The minimum absolute atomic E-state index is 0.220. The largest absolute Gasteiger partial charge is 0.457 e. The van der Waals surface area contributed by atoms with Gasteiger partial charge < -0.3 is 5.32 Å². The predicted molar refractivity (Wildman–Crippen MR) is 122 cm³/mol. The summed E-state index contributed by atoms with van der Waals surface area (Å²) in [6, 6.07) is 5.78. The van der Waals surface area contributed by atoms with Gasteiger partial charge in [0.25, 0.3) is 5.91 Å². The standard InChI is InChI=1S/C21H10F11IN2O3S/c22-17(23)39(37,38)14-8-11(18(24,20(27,28)29)19(25,26)21(30,31)32)7-12(33)15(14)35-16(36)10-4-3-9-2-1-5-34-13(9)6-10/h1-8,17H,(H,35,36). The molecule has 0 aliphatic rings. The molecule has 1 aromatic heterocycles. The number of hydrogen-bond acceptors (Lipinski definition) is 4. The lowest BCUT2D eigenvalue weighted by molar-refractivity contribution is -0.389. The minimum atomic E-state index is -7.20. The molecule has 0 fully saturated rings. The Kier molecular flexibility index (Phi) is 7.89. The van der Waals surface area contributed by atoms with E-state index in [1.165, 1.54) is 12.3 Å². The van der Waals surface area contributed by atoms with Gasteiger partial charge in [-0.15, -0.1) is 0 Å². The van der Waals surface area contributed by atoms with Gasteiger partial charge in [-0.05, 0) is 52.9 Å². The fourth-order valence-corrected chi connectivity index (χ4v) is 5.21. The molecule has 1 N–H and O–H groups in total. The average Bonchev–Trinajstić information content (AvgIpc) is 2.82. The monoisotopic (exact) mass is 706 g/mol. The number of hydrogen-bond donors (Lipinski definition) is 1. The van der Waals surface area contributed by atoms with Gasteiger partial charge in [0, 0.05) is 26.3 Å². The van der Waals surface area contributed by atoms with E-state index in [9.17, 15) is 61.5 Å². The highest BCUT2D eigenvalue weighted by molar-refractivity contribution is 14.1. The number of amides is 1. The molecule has 2 aromatic carbocycles. The van der Waals surface area contributed by atoms with Gasteiger partial charge in [0.05, 0.1) is 16.1 Å². The third-order valence-electron chi connectivity index (χ3n) is 5.28. The first-order valence-corrected chi connectivity index (χ1v) is 12.5. The van der Waals surface area contributed by atoms with Gasteiger partial charge in [-0.3, -0.25) is 9.78 Å². The lowest BCUT2D eigenvalue weighted by atomic mass is 9.87. The summed E-state index contributed by atoms with van der Waals surface area (Å²) in [5.41, 5.74) is -10.5. The maximum atomic E-state index is 15.0. The van der Waals surface area contributed by atoms with E-state index in [4.69, 9.17) is 0 Å². The highest BCUT2D eigenvalue weighted by Gasteiger charge is 2.81. The number of carbonyl (C=O) groups is 1. The van der Waals surface area contributed by atoms with Crippen LogP contribution in [0.1, 0.15) is 15.9 Å². The number of halogens is 12. The van der Waals surface area contributed by atoms with Crippen LogP contribution in [0.25, 0.3) is 10.9 Å². The van der Waals surface area contributed by atoms with Crippen LogP contribution in [0.4, 0.5) is 54.0 Å². The zero-order valence-corrected chi connectivity index (χ0v) is 21.3. The van der Waals surface area contributed by atoms with E-state index in [1.807, 2.05) is 5.32 Å². The van der Waals surface area contributed by atoms with Crippen molar-refractivity contribution in [3.63, 3.8) is 0 Å². The summed E-state index contributed by atoms with van der Waals surface area (Å²) in [6.07, 6.45) is -12.8. The Morgan fingerprint density at radius 1 is 0.897 bits per heavy atom. The normalized spacial score (nSPS) is 14.9. The average molecular weight is 706 g/mol. The van der Waals surface area contributed by atoms with Crippen molar-refractivity contribution >= 4 is 54.9 Å². The molecule has 0 spiro atoms. The van der Waals surface area contributed by atoms with Crippen LogP contribution in [0, 0.1) is 3.57 Å². The molecule has 3 aromatic rings. The van der Waals surface area contributed by atoms with Gasteiger partial charge in [0.1, 0.15) is 0 Å². The van der Waals surface area contributed by atoms with Gasteiger partial charge in [0.15, 0.2) is 0 Å². The molecule has 0 aliphatic carbocycles. The van der Waals surface area contributed by atoms with Gasteiger partial charge in [0.2, 0.25) is 9.84 Å². The van der Waals surface area contributed by atoms with Gasteiger partial charge in [-0.1, -0.05) is 12.1 Å². The fraction of sp³-hybridized carbons (Fsp3) is 0.238. The van der Waals surface area contributed by atoms with Crippen molar-refractivity contribution in [3.8, 4) is 0 Å². The number of pyridine rings is 1. The Morgan fingerprint density at radius 2 is 1.51 bits per heavy atom. The van der Waals surface area contributed by atoms with Crippen molar-refractivity contribution in [2.45, 2.75) is 34.6 Å². The number of nitrogens with one attached hydrogen (secondary N) is 1. The first kappa shape index (κ1) is 30.8. The number of alkyl halides is 11. The van der Waals surface area contributed by atoms with Crippen LogP contribution in [0.15, 0.2) is 53.6 Å². The third kappa shape index (κ3) is 5.23. The lowest BCUT2D eigenvalue weighted by Crippen LogP contribution is -2.59. The van der Waals surface area contributed by atoms with E-state index >= 15 is 0 Å². The summed E-state index contributed by atoms with van der Waals surface area (Å²) in [5, 5.41) is 2.33. The third-order valence-corrected chi connectivity index (χ3v) is 7.53. The molecule has 39 heavy (non-hydrogen) atoms. The zero-order chi connectivity index (χ0) is 29.8. The molecule has 18 heteroatoms. The highest BCUT2D eigenvalue weighted by atomic mass is 127. The molecule has 3 rings (SSSR count). The van der Waals surface area contributed by atoms with E-state index in [0.717, 1.165) is 34.7 Å². The molecule has 212 valence electrons. The number of rotatable bonds is 6. The van der Waals surface area contributed by atoms with E-state index in [1.54, 1.807) is 12.1 Å². The second-order valence-electron chi connectivity index (χ2n) is 7.73. The second-order valence-corrected chi connectivity index (χ2v) is 10.8. The molecule has 0 aliphatic heterocycles. The first-order valence-electron chi connectivity index (χ1n) is 9.88. The van der Waals surface area contributed by atoms with Crippen LogP contribution < -0.4 is 5.32 Å². The van der Waals surface area contributed by atoms with Crippen LogP contribution in [-0.2, 0) is 15.5 Å². The van der Waals surface area contributed by atoms with Crippen molar-refractivity contribution in [1.29, 1.82) is 0 Å². The van der Waals surface area contributed by atoms with Crippen molar-refractivity contribution in [1.82, 2.24) is 4.98 Å². The first-order chi connectivity index (χ1) is 17.7. The van der Waals surface area contributed by atoms with E-state index in [0.29, 0.717) is 5.39 Å². The number of anilines is 1. The maximum Gasteiger partial charge on any atom is 0.457 e. The van der Waals surface area contributed by atoms with Crippen LogP contribution in [0.2, 0.25) is 0 Å². The van der Waals surface area contributed by atoms with Crippen LogP contribution in [-0.4, -0.2) is 43.3 Å².